The summed E-state index contributed by atoms with van der Waals surface area (Å²) in [5, 5.41) is 0. The molecular weight excluding hydrogens is 514 g/mol. The maximum absolute atomic E-state index is 2.44. The standard InChI is InChI=1S/C13H9.C6H7.C3H6.2ClH.Hf/c1-3-7-12-10(5-1)9-11-6-2-4-8-13(11)12;1-6-4-2-3-5-6;1-3-2;;;/h1-5,7-8H,9H2;2,4H,3H2,1H3;1-2H3;2*1H;/q;;;;;+2/p-2. The van der Waals surface area contributed by atoms with E-state index in [4.69, 9.17) is 0 Å². The van der Waals surface area contributed by atoms with Crippen molar-refractivity contribution in [2.24, 2.45) is 0 Å². The summed E-state index contributed by atoms with van der Waals surface area (Å²) in [4.78, 5) is 0. The van der Waals surface area contributed by atoms with Crippen molar-refractivity contribution in [3.05, 3.63) is 74.6 Å². The molecule has 2 aromatic rings. The summed E-state index contributed by atoms with van der Waals surface area (Å²) in [7, 11) is 0. The minimum absolute atomic E-state index is 0. The molecule has 0 heterocycles. The van der Waals surface area contributed by atoms with Crippen LogP contribution in [0.5, 0.6) is 0 Å². The van der Waals surface area contributed by atoms with Gasteiger partial charge in [-0.3, -0.25) is 0 Å². The quantitative estimate of drug-likeness (QED) is 0.368. The van der Waals surface area contributed by atoms with E-state index < -0.39 is 21.0 Å². The molecular formula is C22H22Cl2Hf. The molecule has 2 aliphatic rings. The second-order valence-corrected chi connectivity index (χ2v) is 17.2. The normalized spacial score (nSPS) is 13.4. The van der Waals surface area contributed by atoms with Crippen molar-refractivity contribution in [1.82, 2.24) is 0 Å². The Morgan fingerprint density at radius 3 is 2.32 bits per heavy atom. The molecule has 0 aliphatic heterocycles. The van der Waals surface area contributed by atoms with Crippen LogP contribution in [-0.2, 0) is 27.4 Å². The summed E-state index contributed by atoms with van der Waals surface area (Å²) in [5.41, 5.74) is 7.63. The van der Waals surface area contributed by atoms with Gasteiger partial charge in [-0.1, -0.05) is 0 Å². The first-order valence-electron chi connectivity index (χ1n) is 8.41. The molecule has 0 saturated carbocycles. The van der Waals surface area contributed by atoms with Gasteiger partial charge >= 0.3 is 147 Å². The van der Waals surface area contributed by atoms with Gasteiger partial charge < -0.3 is 24.8 Å². The first kappa shape index (κ1) is 20.6. The van der Waals surface area contributed by atoms with Crippen LogP contribution in [0, 0.1) is 0 Å². The predicted octanol–water partition coefficient (Wildman–Crippen LogP) is -1.04. The van der Waals surface area contributed by atoms with Crippen molar-refractivity contribution in [2.45, 2.75) is 33.6 Å². The van der Waals surface area contributed by atoms with Crippen molar-refractivity contribution in [3.8, 4) is 11.1 Å². The number of rotatable bonds is 2. The summed E-state index contributed by atoms with van der Waals surface area (Å²) in [6, 6.07) is 16.0. The van der Waals surface area contributed by atoms with Gasteiger partial charge in [0.15, 0.2) is 0 Å². The zero-order valence-corrected chi connectivity index (χ0v) is 20.0. The van der Waals surface area contributed by atoms with Crippen LogP contribution in [0.1, 0.15) is 38.3 Å². The van der Waals surface area contributed by atoms with Crippen LogP contribution >= 0.6 is 0 Å². The number of halogens is 2. The van der Waals surface area contributed by atoms with E-state index in [1.807, 2.05) is 0 Å². The average molecular weight is 536 g/mol. The fourth-order valence-electron chi connectivity index (χ4n) is 4.04. The molecule has 0 spiro atoms. The molecule has 0 amide bonds. The van der Waals surface area contributed by atoms with Crippen LogP contribution in [0.4, 0.5) is 0 Å². The van der Waals surface area contributed by atoms with Crippen LogP contribution in [-0.4, -0.2) is 3.26 Å². The van der Waals surface area contributed by atoms with Gasteiger partial charge in [0.25, 0.3) is 0 Å². The van der Waals surface area contributed by atoms with Gasteiger partial charge in [-0.2, -0.15) is 0 Å². The smallest absolute Gasteiger partial charge is 1.00 e. The maximum atomic E-state index is 2.44. The second-order valence-electron chi connectivity index (χ2n) is 6.81. The van der Waals surface area contributed by atoms with Crippen LogP contribution in [0.25, 0.3) is 11.1 Å². The Balaban J connectivity index is 0.00000113. The van der Waals surface area contributed by atoms with Crippen molar-refractivity contribution in [3.63, 3.8) is 0 Å². The van der Waals surface area contributed by atoms with Gasteiger partial charge in [-0.25, -0.2) is 0 Å². The van der Waals surface area contributed by atoms with Gasteiger partial charge in [0, 0.05) is 0 Å². The summed E-state index contributed by atoms with van der Waals surface area (Å²) in [6.07, 6.45) is 7.01. The Morgan fingerprint density at radius 2 is 1.64 bits per heavy atom. The van der Waals surface area contributed by atoms with E-state index in [1.165, 1.54) is 23.1 Å². The second kappa shape index (κ2) is 8.29. The molecule has 4 rings (SSSR count). The van der Waals surface area contributed by atoms with E-state index in [0.29, 0.717) is 0 Å². The molecule has 0 nitrogen and oxygen atoms in total. The summed E-state index contributed by atoms with van der Waals surface area (Å²) >= 11 is -2.11. The summed E-state index contributed by atoms with van der Waals surface area (Å²) < 4.78 is 5.22. The minimum atomic E-state index is -2.11. The molecule has 25 heavy (non-hydrogen) atoms. The van der Waals surface area contributed by atoms with Crippen LogP contribution < -0.4 is 28.1 Å². The van der Waals surface area contributed by atoms with Crippen LogP contribution in [0.3, 0.4) is 0 Å². The van der Waals surface area contributed by atoms with Crippen LogP contribution in [0.2, 0.25) is 0 Å². The minimum Gasteiger partial charge on any atom is -1.00 e. The Labute approximate surface area is 170 Å². The molecule has 0 fully saturated rings. The Bertz CT molecular complexity index is 900. The van der Waals surface area contributed by atoms with E-state index in [1.54, 1.807) is 21.0 Å². The summed E-state index contributed by atoms with van der Waals surface area (Å²) in [6.45, 7) is 7.06. The zero-order chi connectivity index (χ0) is 16.0. The number of hydrogen-bond acceptors (Lipinski definition) is 0. The molecule has 3 heteroatoms. The van der Waals surface area contributed by atoms with E-state index >= 15 is 0 Å². The number of benzene rings is 2. The third-order valence-corrected chi connectivity index (χ3v) is 16.6. The van der Waals surface area contributed by atoms with E-state index in [0.717, 1.165) is 6.42 Å². The van der Waals surface area contributed by atoms with Crippen molar-refractivity contribution < 1.29 is 45.8 Å². The SMILES string of the molecule is CC1=[C]([Hf+2](=[C](C)C)[c]2cccc3c2Cc2ccccc2-3)CC=C1.[Cl-].[Cl-]. The maximum Gasteiger partial charge on any atom is -1.00 e. The molecule has 2 aromatic carbocycles. The fourth-order valence-corrected chi connectivity index (χ4v) is 15.0. The predicted molar refractivity (Wildman–Crippen MR) is 97.1 cm³/mol. The van der Waals surface area contributed by atoms with Gasteiger partial charge in [-0.05, 0) is 0 Å². The van der Waals surface area contributed by atoms with E-state index in [2.05, 4.69) is 75.4 Å². The Kier molecular flexibility index (Phi) is 6.81. The Morgan fingerprint density at radius 1 is 0.920 bits per heavy atom. The summed E-state index contributed by atoms with van der Waals surface area (Å²) in [5.74, 6) is 0. The largest absolute Gasteiger partial charge is 1.00 e. The average Bonchev–Trinajstić information content (AvgIpc) is 3.12. The molecule has 0 bridgehead atoms. The van der Waals surface area contributed by atoms with Gasteiger partial charge in [0.2, 0.25) is 0 Å². The van der Waals surface area contributed by atoms with Gasteiger partial charge in [0.1, 0.15) is 0 Å². The molecule has 2 aliphatic carbocycles. The number of allylic oxidation sites excluding steroid dienone is 4. The van der Waals surface area contributed by atoms with E-state index in [9.17, 15) is 0 Å². The number of fused-ring (bicyclic) bond motifs is 3. The molecule has 128 valence electrons. The van der Waals surface area contributed by atoms with Crippen molar-refractivity contribution in [1.29, 1.82) is 0 Å². The first-order chi connectivity index (χ1) is 11.2. The van der Waals surface area contributed by atoms with E-state index in [-0.39, 0.29) is 24.8 Å². The topological polar surface area (TPSA) is 0 Å². The van der Waals surface area contributed by atoms with Gasteiger partial charge in [-0.15, -0.1) is 0 Å². The molecule has 0 N–H and O–H groups in total. The van der Waals surface area contributed by atoms with Crippen LogP contribution in [0.15, 0.2) is 63.5 Å². The third-order valence-electron chi connectivity index (χ3n) is 5.09. The van der Waals surface area contributed by atoms with Gasteiger partial charge in [0.05, 0.1) is 0 Å². The van der Waals surface area contributed by atoms with Crippen molar-refractivity contribution in [2.75, 3.05) is 0 Å². The number of hydrogen-bond donors (Lipinski definition) is 0. The monoisotopic (exact) mass is 536 g/mol. The zero-order valence-electron chi connectivity index (χ0n) is 14.9. The molecule has 0 saturated heterocycles. The molecule has 0 aromatic heterocycles. The third kappa shape index (κ3) is 3.56. The molecule has 0 radical (unpaired) electrons. The fraction of sp³-hybridized carbons (Fsp3) is 0.227. The van der Waals surface area contributed by atoms with Crippen molar-refractivity contribution >= 4 is 6.58 Å². The molecule has 0 unspecified atom stereocenters. The molecule has 0 atom stereocenters. The first-order valence-corrected chi connectivity index (χ1v) is 13.8. The Hall–Kier alpha value is -0.760.